The lowest BCUT2D eigenvalue weighted by Gasteiger charge is -2.41. The van der Waals surface area contributed by atoms with Crippen molar-refractivity contribution in [2.24, 2.45) is 0 Å². The van der Waals surface area contributed by atoms with E-state index in [1.165, 1.54) is 4.90 Å². The molecule has 1 spiro atoms. The van der Waals surface area contributed by atoms with E-state index < -0.39 is 11.6 Å². The van der Waals surface area contributed by atoms with Crippen molar-refractivity contribution in [2.45, 2.75) is 18.4 Å². The number of rotatable bonds is 2. The highest BCUT2D eigenvalue weighted by atomic mass is 16.5. The zero-order valence-corrected chi connectivity index (χ0v) is 12.6. The Morgan fingerprint density at radius 2 is 2.00 bits per heavy atom. The second-order valence-electron chi connectivity index (χ2n) is 6.14. The van der Waals surface area contributed by atoms with E-state index in [9.17, 15) is 9.59 Å². The summed E-state index contributed by atoms with van der Waals surface area (Å²) in [4.78, 5) is 27.4. The number of nitrogens with zero attached hydrogens (tertiary/aromatic N) is 2. The Hall–Kier alpha value is -2.08. The lowest BCUT2D eigenvalue weighted by Crippen LogP contribution is -2.54. The van der Waals surface area contributed by atoms with Crippen molar-refractivity contribution in [3.8, 4) is 5.75 Å². The van der Waals surface area contributed by atoms with Crippen LogP contribution in [0.5, 0.6) is 5.75 Å². The average molecular weight is 304 g/mol. The van der Waals surface area contributed by atoms with Gasteiger partial charge in [0.25, 0.3) is 5.91 Å². The molecule has 1 aromatic rings. The zero-order chi connectivity index (χ0) is 15.7. The van der Waals surface area contributed by atoms with Gasteiger partial charge in [-0.1, -0.05) is 12.1 Å². The summed E-state index contributed by atoms with van der Waals surface area (Å²) in [6.45, 7) is 1.77. The van der Waals surface area contributed by atoms with Crippen LogP contribution in [-0.2, 0) is 4.79 Å². The largest absolute Gasteiger partial charge is 0.484 e. The molecular weight excluding hydrogens is 284 g/mol. The maximum Gasteiger partial charge on any atom is 0.323 e. The van der Waals surface area contributed by atoms with Gasteiger partial charge in [0.2, 0.25) is 0 Å². The number of hydrogen-bond acceptors (Lipinski definition) is 4. The van der Waals surface area contributed by atoms with Crippen LogP contribution < -0.4 is 4.74 Å². The van der Waals surface area contributed by atoms with Crippen molar-refractivity contribution in [2.75, 3.05) is 33.2 Å². The molecule has 1 aromatic carbocycles. The number of aliphatic carboxylic acids is 1. The Kier molecular flexibility index (Phi) is 3.78. The van der Waals surface area contributed by atoms with E-state index in [-0.39, 0.29) is 12.5 Å². The number of benzene rings is 1. The fraction of sp³-hybridized carbons (Fsp3) is 0.500. The molecule has 2 aliphatic heterocycles. The van der Waals surface area contributed by atoms with E-state index in [1.807, 2.05) is 6.07 Å². The monoisotopic (exact) mass is 304 g/mol. The molecule has 0 bridgehead atoms. The number of carbonyl (C=O) groups is 2. The van der Waals surface area contributed by atoms with E-state index in [2.05, 4.69) is 11.9 Å². The van der Waals surface area contributed by atoms with Gasteiger partial charge in [0.15, 0.2) is 0 Å². The summed E-state index contributed by atoms with van der Waals surface area (Å²) < 4.78 is 6.23. The number of ether oxygens (including phenoxy) is 1. The summed E-state index contributed by atoms with van der Waals surface area (Å²) in [6, 6.07) is 7.09. The van der Waals surface area contributed by atoms with Crippen LogP contribution in [0.4, 0.5) is 0 Å². The minimum atomic E-state index is -1.00. The van der Waals surface area contributed by atoms with Crippen LogP contribution in [0.3, 0.4) is 0 Å². The molecule has 2 heterocycles. The highest BCUT2D eigenvalue weighted by Crippen LogP contribution is 2.35. The summed E-state index contributed by atoms with van der Waals surface area (Å²) in [5.41, 5.74) is -0.0518. The van der Waals surface area contributed by atoms with Crippen molar-refractivity contribution >= 4 is 11.9 Å². The number of fused-ring (bicyclic) bond motifs is 1. The van der Waals surface area contributed by atoms with E-state index in [0.29, 0.717) is 17.9 Å². The van der Waals surface area contributed by atoms with Crippen LogP contribution >= 0.6 is 0 Å². The first-order chi connectivity index (χ1) is 10.5. The van der Waals surface area contributed by atoms with Crippen LogP contribution in [0.2, 0.25) is 0 Å². The number of hydrogen-bond donors (Lipinski definition) is 1. The minimum Gasteiger partial charge on any atom is -0.484 e. The topological polar surface area (TPSA) is 70.1 Å². The SMILES string of the molecule is CN1CCC2(CC1)CN(CC(=O)O)C(=O)c1ccccc1O2. The first-order valence-corrected chi connectivity index (χ1v) is 7.47. The molecule has 22 heavy (non-hydrogen) atoms. The van der Waals surface area contributed by atoms with Gasteiger partial charge in [-0.05, 0) is 19.2 Å². The number of carboxylic acids is 1. The van der Waals surface area contributed by atoms with Crippen molar-refractivity contribution in [3.63, 3.8) is 0 Å². The standard InChI is InChI=1S/C16H20N2O4/c1-17-8-6-16(7-9-17)11-18(10-14(19)20)15(21)12-4-2-3-5-13(12)22-16/h2-5H,6-11H2,1H3,(H,19,20). The Bertz CT molecular complexity index is 594. The second-order valence-corrected chi connectivity index (χ2v) is 6.14. The lowest BCUT2D eigenvalue weighted by molar-refractivity contribution is -0.138. The molecule has 0 unspecified atom stereocenters. The minimum absolute atomic E-state index is 0.270. The molecule has 1 fully saturated rings. The molecule has 0 saturated carbocycles. The molecule has 2 aliphatic rings. The summed E-state index contributed by atoms with van der Waals surface area (Å²) >= 11 is 0. The summed E-state index contributed by atoms with van der Waals surface area (Å²) in [5, 5.41) is 9.11. The van der Waals surface area contributed by atoms with E-state index >= 15 is 0 Å². The molecule has 6 heteroatoms. The summed E-state index contributed by atoms with van der Waals surface area (Å²) in [6.07, 6.45) is 1.56. The molecule has 0 atom stereocenters. The van der Waals surface area contributed by atoms with Gasteiger partial charge in [-0.25, -0.2) is 0 Å². The molecule has 1 amide bonds. The molecular formula is C16H20N2O4. The summed E-state index contributed by atoms with van der Waals surface area (Å²) in [7, 11) is 2.05. The fourth-order valence-electron chi connectivity index (χ4n) is 3.17. The van der Waals surface area contributed by atoms with Crippen molar-refractivity contribution in [1.29, 1.82) is 0 Å². The van der Waals surface area contributed by atoms with Gasteiger partial charge in [0.05, 0.1) is 12.1 Å². The highest BCUT2D eigenvalue weighted by molar-refractivity contribution is 5.98. The second kappa shape index (κ2) is 5.61. The van der Waals surface area contributed by atoms with Gasteiger partial charge >= 0.3 is 5.97 Å². The number of para-hydroxylation sites is 1. The average Bonchev–Trinajstić information content (AvgIpc) is 2.59. The third-order valence-electron chi connectivity index (χ3n) is 4.43. The van der Waals surface area contributed by atoms with Crippen LogP contribution in [0, 0.1) is 0 Å². The number of carboxylic acid groups (broad SMARTS) is 1. The predicted octanol–water partition coefficient (Wildman–Crippen LogP) is 1.07. The molecule has 6 nitrogen and oxygen atoms in total. The lowest BCUT2D eigenvalue weighted by atomic mass is 9.90. The maximum absolute atomic E-state index is 12.6. The predicted molar refractivity (Wildman–Crippen MR) is 80.1 cm³/mol. The normalized spacial score (nSPS) is 21.1. The van der Waals surface area contributed by atoms with Gasteiger partial charge in [0, 0.05) is 25.9 Å². The highest BCUT2D eigenvalue weighted by Gasteiger charge is 2.42. The molecule has 118 valence electrons. The Labute approximate surface area is 129 Å². The molecule has 1 N–H and O–H groups in total. The smallest absolute Gasteiger partial charge is 0.323 e. The van der Waals surface area contributed by atoms with E-state index in [1.54, 1.807) is 18.2 Å². The van der Waals surface area contributed by atoms with Crippen molar-refractivity contribution in [3.05, 3.63) is 29.8 Å². The number of amides is 1. The van der Waals surface area contributed by atoms with Crippen molar-refractivity contribution in [1.82, 2.24) is 9.80 Å². The third kappa shape index (κ3) is 2.78. The molecule has 0 aliphatic carbocycles. The Morgan fingerprint density at radius 1 is 1.32 bits per heavy atom. The van der Waals surface area contributed by atoms with Crippen LogP contribution in [-0.4, -0.2) is 65.6 Å². The first kappa shape index (κ1) is 14.8. The van der Waals surface area contributed by atoms with E-state index in [0.717, 1.165) is 25.9 Å². The Balaban J connectivity index is 1.97. The van der Waals surface area contributed by atoms with Gasteiger partial charge in [0.1, 0.15) is 17.9 Å². The fourth-order valence-corrected chi connectivity index (χ4v) is 3.17. The number of piperidine rings is 1. The molecule has 3 rings (SSSR count). The van der Waals surface area contributed by atoms with Crippen LogP contribution in [0.1, 0.15) is 23.2 Å². The van der Waals surface area contributed by atoms with Crippen LogP contribution in [0.15, 0.2) is 24.3 Å². The number of carbonyl (C=O) groups excluding carboxylic acids is 1. The first-order valence-electron chi connectivity index (χ1n) is 7.47. The third-order valence-corrected chi connectivity index (χ3v) is 4.43. The van der Waals surface area contributed by atoms with E-state index in [4.69, 9.17) is 9.84 Å². The molecule has 1 saturated heterocycles. The maximum atomic E-state index is 12.6. The number of likely N-dealkylation sites (tertiary alicyclic amines) is 1. The Morgan fingerprint density at radius 3 is 2.68 bits per heavy atom. The van der Waals surface area contributed by atoms with Crippen LogP contribution in [0.25, 0.3) is 0 Å². The van der Waals surface area contributed by atoms with Gasteiger partial charge in [-0.2, -0.15) is 0 Å². The zero-order valence-electron chi connectivity index (χ0n) is 12.6. The quantitative estimate of drug-likeness (QED) is 0.885. The molecule has 0 radical (unpaired) electrons. The van der Waals surface area contributed by atoms with Crippen molar-refractivity contribution < 1.29 is 19.4 Å². The van der Waals surface area contributed by atoms with Gasteiger partial charge in [-0.3, -0.25) is 9.59 Å². The molecule has 0 aromatic heterocycles. The summed E-state index contributed by atoms with van der Waals surface area (Å²) in [5.74, 6) is -0.713. The van der Waals surface area contributed by atoms with Gasteiger partial charge in [-0.15, -0.1) is 0 Å². The van der Waals surface area contributed by atoms with Gasteiger partial charge < -0.3 is 19.6 Å².